The van der Waals surface area contributed by atoms with Crippen molar-refractivity contribution in [3.05, 3.63) is 71.9 Å². The summed E-state index contributed by atoms with van der Waals surface area (Å²) in [6.45, 7) is 0.698. The highest BCUT2D eigenvalue weighted by Gasteiger charge is 2.09. The van der Waals surface area contributed by atoms with Crippen LogP contribution in [0, 0.1) is 0 Å². The summed E-state index contributed by atoms with van der Waals surface area (Å²) in [5.41, 5.74) is 3.95. The predicted octanol–water partition coefficient (Wildman–Crippen LogP) is 3.29. The lowest BCUT2D eigenvalue weighted by atomic mass is 10.2. The van der Waals surface area contributed by atoms with Crippen molar-refractivity contribution in [1.82, 2.24) is 24.4 Å². The Morgan fingerprint density at radius 1 is 1.05 bits per heavy atom. The van der Waals surface area contributed by atoms with Gasteiger partial charge in [-0.1, -0.05) is 23.7 Å². The number of nitrogens with zero attached hydrogens (tertiary/aromatic N) is 5. The van der Waals surface area contributed by atoms with Crippen molar-refractivity contribution in [3.8, 4) is 11.1 Å². The molecule has 3 aromatic heterocycles. The zero-order chi connectivity index (χ0) is 14.9. The molecule has 5 nitrogen and oxygen atoms in total. The molecule has 22 heavy (non-hydrogen) atoms. The molecule has 0 aliphatic rings. The smallest absolute Gasteiger partial charge is 0.162 e. The van der Waals surface area contributed by atoms with Crippen LogP contribution in [0.3, 0.4) is 0 Å². The summed E-state index contributed by atoms with van der Waals surface area (Å²) >= 11 is 5.90. The van der Waals surface area contributed by atoms with E-state index in [-0.39, 0.29) is 0 Å². The van der Waals surface area contributed by atoms with Gasteiger partial charge in [0.2, 0.25) is 0 Å². The Balaban J connectivity index is 1.65. The van der Waals surface area contributed by atoms with Gasteiger partial charge in [-0.05, 0) is 23.8 Å². The number of halogens is 1. The zero-order valence-electron chi connectivity index (χ0n) is 11.6. The molecule has 0 N–H and O–H groups in total. The van der Waals surface area contributed by atoms with Crippen LogP contribution >= 0.6 is 11.6 Å². The van der Waals surface area contributed by atoms with Crippen LogP contribution in [0.4, 0.5) is 0 Å². The minimum atomic E-state index is 0.698. The van der Waals surface area contributed by atoms with Crippen LogP contribution in [0.25, 0.3) is 16.8 Å². The van der Waals surface area contributed by atoms with E-state index in [0.29, 0.717) is 6.54 Å². The van der Waals surface area contributed by atoms with Gasteiger partial charge >= 0.3 is 0 Å². The van der Waals surface area contributed by atoms with Crippen LogP contribution in [0.5, 0.6) is 0 Å². The second-order valence-electron chi connectivity index (χ2n) is 5.00. The van der Waals surface area contributed by atoms with Crippen LogP contribution < -0.4 is 0 Å². The van der Waals surface area contributed by atoms with Gasteiger partial charge in [0.1, 0.15) is 0 Å². The average molecular weight is 310 g/mol. The number of benzene rings is 1. The Morgan fingerprint density at radius 3 is 2.77 bits per heavy atom. The van der Waals surface area contributed by atoms with E-state index < -0.39 is 0 Å². The van der Waals surface area contributed by atoms with Crippen LogP contribution in [0.1, 0.15) is 5.56 Å². The van der Waals surface area contributed by atoms with Gasteiger partial charge < -0.3 is 0 Å². The van der Waals surface area contributed by atoms with Crippen LogP contribution in [0.2, 0.25) is 5.02 Å². The normalized spacial score (nSPS) is 11.1. The first-order valence-electron chi connectivity index (χ1n) is 6.85. The molecule has 0 spiro atoms. The van der Waals surface area contributed by atoms with E-state index in [1.165, 1.54) is 0 Å². The maximum absolute atomic E-state index is 5.90. The summed E-state index contributed by atoms with van der Waals surface area (Å²) < 4.78 is 3.65. The molecular weight excluding hydrogens is 298 g/mol. The molecule has 0 aliphatic carbocycles. The Bertz CT molecular complexity index is 923. The van der Waals surface area contributed by atoms with Crippen molar-refractivity contribution in [2.45, 2.75) is 6.54 Å². The minimum Gasteiger partial charge on any atom is -0.268 e. The number of aromatic nitrogens is 5. The maximum atomic E-state index is 5.90. The molecule has 0 saturated carbocycles. The Kier molecular flexibility index (Phi) is 3.12. The minimum absolute atomic E-state index is 0.698. The topological polar surface area (TPSA) is 48.0 Å². The summed E-state index contributed by atoms with van der Waals surface area (Å²) in [5, 5.41) is 9.45. The van der Waals surface area contributed by atoms with E-state index in [0.717, 1.165) is 27.4 Å². The van der Waals surface area contributed by atoms with E-state index in [9.17, 15) is 0 Å². The number of rotatable bonds is 3. The van der Waals surface area contributed by atoms with E-state index in [2.05, 4.69) is 15.2 Å². The van der Waals surface area contributed by atoms with Crippen molar-refractivity contribution in [2.75, 3.05) is 0 Å². The van der Waals surface area contributed by atoms with Gasteiger partial charge in [0.25, 0.3) is 0 Å². The lowest BCUT2D eigenvalue weighted by Gasteiger charge is -2.01. The lowest BCUT2D eigenvalue weighted by Crippen LogP contribution is -1.99. The molecule has 0 radical (unpaired) electrons. The summed E-state index contributed by atoms with van der Waals surface area (Å²) in [6, 6.07) is 9.63. The first-order valence-corrected chi connectivity index (χ1v) is 7.23. The van der Waals surface area contributed by atoms with Crippen LogP contribution in [-0.2, 0) is 6.54 Å². The highest BCUT2D eigenvalue weighted by molar-refractivity contribution is 6.30. The third-order valence-electron chi connectivity index (χ3n) is 3.48. The molecule has 4 rings (SSSR count). The highest BCUT2D eigenvalue weighted by Crippen LogP contribution is 2.22. The quantitative estimate of drug-likeness (QED) is 0.583. The maximum Gasteiger partial charge on any atom is 0.162 e. The van der Waals surface area contributed by atoms with Gasteiger partial charge in [0, 0.05) is 34.7 Å². The summed E-state index contributed by atoms with van der Waals surface area (Å²) in [6.07, 6.45) is 9.29. The van der Waals surface area contributed by atoms with Gasteiger partial charge in [-0.3, -0.25) is 4.68 Å². The van der Waals surface area contributed by atoms with E-state index in [1.807, 2.05) is 59.8 Å². The molecule has 108 valence electrons. The van der Waals surface area contributed by atoms with Gasteiger partial charge in [-0.15, -0.1) is 0 Å². The molecule has 0 fully saturated rings. The third-order valence-corrected chi connectivity index (χ3v) is 3.73. The molecular formula is C16H12ClN5. The molecule has 0 bridgehead atoms. The zero-order valence-corrected chi connectivity index (χ0v) is 12.4. The van der Waals surface area contributed by atoms with Crippen molar-refractivity contribution < 1.29 is 0 Å². The molecule has 0 amide bonds. The first-order chi connectivity index (χ1) is 10.8. The van der Waals surface area contributed by atoms with Crippen LogP contribution in [-0.4, -0.2) is 24.4 Å². The molecule has 6 heteroatoms. The van der Waals surface area contributed by atoms with Crippen molar-refractivity contribution in [2.24, 2.45) is 0 Å². The Hall–Kier alpha value is -2.66. The second kappa shape index (κ2) is 5.27. The van der Waals surface area contributed by atoms with Gasteiger partial charge in [0.05, 0.1) is 18.9 Å². The fraction of sp³-hybridized carbons (Fsp3) is 0.0625. The first kappa shape index (κ1) is 13.0. The molecule has 4 aromatic rings. The van der Waals surface area contributed by atoms with Gasteiger partial charge in [-0.2, -0.15) is 10.2 Å². The summed E-state index contributed by atoms with van der Waals surface area (Å²) in [7, 11) is 0. The Morgan fingerprint density at radius 2 is 1.91 bits per heavy atom. The van der Waals surface area contributed by atoms with E-state index >= 15 is 0 Å². The van der Waals surface area contributed by atoms with Crippen molar-refractivity contribution in [3.63, 3.8) is 0 Å². The molecule has 0 unspecified atom stereocenters. The Labute approximate surface area is 131 Å². The molecule has 0 aliphatic heterocycles. The van der Waals surface area contributed by atoms with Gasteiger partial charge in [-0.25, -0.2) is 9.50 Å². The molecule has 0 atom stereocenters. The molecule has 0 saturated heterocycles. The monoisotopic (exact) mass is 309 g/mol. The molecule has 3 heterocycles. The SMILES string of the molecule is Clc1ccc(Cn2cc(-c3cnn4cccnc34)cn2)cc1. The lowest BCUT2D eigenvalue weighted by molar-refractivity contribution is 0.687. The average Bonchev–Trinajstić information content (AvgIpc) is 3.16. The van der Waals surface area contributed by atoms with E-state index in [4.69, 9.17) is 11.6 Å². The van der Waals surface area contributed by atoms with Crippen LogP contribution in [0.15, 0.2) is 61.3 Å². The largest absolute Gasteiger partial charge is 0.268 e. The second-order valence-corrected chi connectivity index (χ2v) is 5.44. The standard InChI is InChI=1S/C16H12ClN5/c17-14-4-2-12(3-5-14)10-21-11-13(8-19-21)15-9-20-22-7-1-6-18-16(15)22/h1-9,11H,10H2. The number of hydrogen-bond acceptors (Lipinski definition) is 3. The summed E-state index contributed by atoms with van der Waals surface area (Å²) in [4.78, 5) is 4.37. The number of fused-ring (bicyclic) bond motifs is 1. The van der Waals surface area contributed by atoms with Crippen molar-refractivity contribution in [1.29, 1.82) is 0 Å². The highest BCUT2D eigenvalue weighted by atomic mass is 35.5. The fourth-order valence-corrected chi connectivity index (χ4v) is 2.52. The van der Waals surface area contributed by atoms with E-state index in [1.54, 1.807) is 10.7 Å². The fourth-order valence-electron chi connectivity index (χ4n) is 2.40. The number of hydrogen-bond donors (Lipinski definition) is 0. The van der Waals surface area contributed by atoms with Crippen molar-refractivity contribution >= 4 is 17.2 Å². The van der Waals surface area contributed by atoms with Gasteiger partial charge in [0.15, 0.2) is 5.65 Å². The summed E-state index contributed by atoms with van der Waals surface area (Å²) in [5.74, 6) is 0. The molecule has 1 aromatic carbocycles. The predicted molar refractivity (Wildman–Crippen MR) is 84.8 cm³/mol. The third kappa shape index (κ3) is 2.35.